The number of rotatable bonds is 4. The van der Waals surface area contributed by atoms with Crippen LogP contribution in [0, 0.1) is 11.3 Å². The second-order valence-electron chi connectivity index (χ2n) is 9.36. The Morgan fingerprint density at radius 2 is 1.85 bits per heavy atom. The molecule has 1 aliphatic carbocycles. The van der Waals surface area contributed by atoms with Gasteiger partial charge in [-0.2, -0.15) is 0 Å². The molecule has 1 atom stereocenters. The molecule has 4 nitrogen and oxygen atoms in total. The van der Waals surface area contributed by atoms with Crippen LogP contribution in [0.4, 0.5) is 0 Å². The van der Waals surface area contributed by atoms with Crippen LogP contribution in [0.25, 0.3) is 0 Å². The van der Waals surface area contributed by atoms with E-state index in [1.54, 1.807) is 12.1 Å². The Morgan fingerprint density at radius 3 is 2.48 bits per heavy atom. The largest absolute Gasteiger partial charge is 0.490 e. The maximum absolute atomic E-state index is 11.1. The van der Waals surface area contributed by atoms with E-state index in [0.29, 0.717) is 42.0 Å². The summed E-state index contributed by atoms with van der Waals surface area (Å²) >= 11 is 5.92. The number of benzene rings is 1. The first-order valence-electron chi connectivity index (χ1n) is 10.2. The van der Waals surface area contributed by atoms with Crippen molar-refractivity contribution < 1.29 is 14.6 Å². The zero-order chi connectivity index (χ0) is 19.5. The van der Waals surface area contributed by atoms with Crippen LogP contribution in [0.5, 0.6) is 5.75 Å². The molecular formula is C22H34ClNO3. The van der Waals surface area contributed by atoms with Crippen LogP contribution in [-0.4, -0.2) is 54.6 Å². The lowest BCUT2D eigenvalue weighted by Crippen LogP contribution is -2.52. The minimum absolute atomic E-state index is 0.225. The first-order chi connectivity index (χ1) is 12.8. The second-order valence-corrected chi connectivity index (χ2v) is 9.80. The average Bonchev–Trinajstić information content (AvgIpc) is 2.83. The summed E-state index contributed by atoms with van der Waals surface area (Å²) in [7, 11) is 0. The van der Waals surface area contributed by atoms with Gasteiger partial charge in [-0.25, -0.2) is 0 Å². The highest BCUT2D eigenvalue weighted by molar-refractivity contribution is 6.30. The number of β-amino-alcohol motifs (C(OH)–C–C–N with tert-alkyl or cyclic N) is 1. The molecule has 1 aromatic carbocycles. The van der Waals surface area contributed by atoms with E-state index in [0.717, 1.165) is 12.5 Å². The molecule has 2 fully saturated rings. The van der Waals surface area contributed by atoms with E-state index in [2.05, 4.69) is 25.7 Å². The summed E-state index contributed by atoms with van der Waals surface area (Å²) in [5.74, 6) is 1.51. The van der Waals surface area contributed by atoms with Gasteiger partial charge in [0.2, 0.25) is 0 Å². The predicted molar refractivity (Wildman–Crippen MR) is 109 cm³/mol. The SMILES string of the molecule is CC(C)(C)C1CCC(N2CCOC[C@](O)(COc3ccc(Cl)cc3)C2)CC1. The van der Waals surface area contributed by atoms with Gasteiger partial charge in [0.15, 0.2) is 0 Å². The smallest absolute Gasteiger partial charge is 0.134 e. The van der Waals surface area contributed by atoms with E-state index in [9.17, 15) is 5.11 Å². The van der Waals surface area contributed by atoms with E-state index in [1.807, 2.05) is 12.1 Å². The van der Waals surface area contributed by atoms with Gasteiger partial charge in [-0.05, 0) is 61.3 Å². The van der Waals surface area contributed by atoms with Crippen molar-refractivity contribution in [3.63, 3.8) is 0 Å². The standard InChI is InChI=1S/C22H34ClNO3/c1-21(2,3)17-4-8-19(9-5-17)24-12-13-26-15-22(25,14-24)16-27-20-10-6-18(23)7-11-20/h6-7,10-11,17,19,25H,4-5,8-9,12-16H2,1-3H3/t17?,19?,22-/m0/s1. The number of nitrogens with zero attached hydrogens (tertiary/aromatic N) is 1. The summed E-state index contributed by atoms with van der Waals surface area (Å²) < 4.78 is 11.6. The molecule has 1 N–H and O–H groups in total. The fourth-order valence-electron chi connectivity index (χ4n) is 4.40. The van der Waals surface area contributed by atoms with Crippen LogP contribution in [-0.2, 0) is 4.74 Å². The Morgan fingerprint density at radius 1 is 1.19 bits per heavy atom. The summed E-state index contributed by atoms with van der Waals surface area (Å²) in [6.45, 7) is 9.75. The molecule has 0 spiro atoms. The van der Waals surface area contributed by atoms with Gasteiger partial charge in [0, 0.05) is 24.2 Å². The molecule has 0 unspecified atom stereocenters. The first kappa shape index (κ1) is 20.9. The van der Waals surface area contributed by atoms with Crippen molar-refractivity contribution in [2.45, 2.75) is 58.1 Å². The Labute approximate surface area is 168 Å². The lowest BCUT2D eigenvalue weighted by atomic mass is 9.71. The molecule has 0 bridgehead atoms. The molecule has 1 aliphatic heterocycles. The zero-order valence-electron chi connectivity index (χ0n) is 16.9. The van der Waals surface area contributed by atoms with Crippen molar-refractivity contribution in [1.29, 1.82) is 0 Å². The van der Waals surface area contributed by atoms with Crippen molar-refractivity contribution in [2.75, 3.05) is 32.9 Å². The molecule has 152 valence electrons. The Balaban J connectivity index is 1.57. The fourth-order valence-corrected chi connectivity index (χ4v) is 4.53. The van der Waals surface area contributed by atoms with Crippen LogP contribution < -0.4 is 4.74 Å². The van der Waals surface area contributed by atoms with Crippen LogP contribution in [0.1, 0.15) is 46.5 Å². The van der Waals surface area contributed by atoms with Crippen molar-refractivity contribution >= 4 is 11.6 Å². The van der Waals surface area contributed by atoms with Crippen molar-refractivity contribution in [3.8, 4) is 5.75 Å². The molecule has 1 saturated carbocycles. The molecule has 0 amide bonds. The number of hydrogen-bond acceptors (Lipinski definition) is 4. The van der Waals surface area contributed by atoms with E-state index < -0.39 is 5.60 Å². The molecular weight excluding hydrogens is 362 g/mol. The number of halogens is 1. The third-order valence-corrected chi connectivity index (χ3v) is 6.40. The molecule has 2 aliphatic rings. The molecule has 1 heterocycles. The number of aliphatic hydroxyl groups is 1. The Bertz CT molecular complexity index is 593. The van der Waals surface area contributed by atoms with Crippen molar-refractivity contribution in [2.24, 2.45) is 11.3 Å². The van der Waals surface area contributed by atoms with E-state index in [1.165, 1.54) is 25.7 Å². The minimum Gasteiger partial charge on any atom is -0.490 e. The zero-order valence-corrected chi connectivity index (χ0v) is 17.7. The highest BCUT2D eigenvalue weighted by Crippen LogP contribution is 2.39. The fraction of sp³-hybridized carbons (Fsp3) is 0.727. The molecule has 0 radical (unpaired) electrons. The highest BCUT2D eigenvalue weighted by Gasteiger charge is 2.38. The summed E-state index contributed by atoms with van der Waals surface area (Å²) in [6, 6.07) is 7.78. The Kier molecular flexibility index (Phi) is 6.73. The number of hydrogen-bond donors (Lipinski definition) is 1. The monoisotopic (exact) mass is 395 g/mol. The van der Waals surface area contributed by atoms with Crippen LogP contribution in [0.15, 0.2) is 24.3 Å². The van der Waals surface area contributed by atoms with Crippen LogP contribution >= 0.6 is 11.6 Å². The quantitative estimate of drug-likeness (QED) is 0.821. The molecule has 27 heavy (non-hydrogen) atoms. The van der Waals surface area contributed by atoms with Crippen molar-refractivity contribution in [1.82, 2.24) is 4.90 Å². The maximum Gasteiger partial charge on any atom is 0.134 e. The summed E-state index contributed by atoms with van der Waals surface area (Å²) in [6.07, 6.45) is 4.95. The molecule has 1 saturated heterocycles. The molecule has 3 rings (SSSR count). The van der Waals surface area contributed by atoms with Gasteiger partial charge in [0.1, 0.15) is 18.0 Å². The summed E-state index contributed by atoms with van der Waals surface area (Å²) in [5.41, 5.74) is -0.600. The van der Waals surface area contributed by atoms with Gasteiger partial charge >= 0.3 is 0 Å². The van der Waals surface area contributed by atoms with Crippen molar-refractivity contribution in [3.05, 3.63) is 29.3 Å². The highest BCUT2D eigenvalue weighted by atomic mass is 35.5. The second kappa shape index (κ2) is 8.69. The lowest BCUT2D eigenvalue weighted by molar-refractivity contribution is -0.0691. The lowest BCUT2D eigenvalue weighted by Gasteiger charge is -2.42. The average molecular weight is 396 g/mol. The van der Waals surface area contributed by atoms with Gasteiger partial charge in [-0.15, -0.1) is 0 Å². The van der Waals surface area contributed by atoms with Crippen LogP contribution in [0.3, 0.4) is 0 Å². The van der Waals surface area contributed by atoms with Crippen LogP contribution in [0.2, 0.25) is 5.02 Å². The van der Waals surface area contributed by atoms with Gasteiger partial charge in [-0.3, -0.25) is 4.90 Å². The third kappa shape index (κ3) is 5.83. The van der Waals surface area contributed by atoms with E-state index in [4.69, 9.17) is 21.1 Å². The van der Waals surface area contributed by atoms with E-state index >= 15 is 0 Å². The molecule has 0 aromatic heterocycles. The normalized spacial score (nSPS) is 30.7. The molecule has 1 aromatic rings. The Hall–Kier alpha value is -0.810. The summed E-state index contributed by atoms with van der Waals surface area (Å²) in [4.78, 5) is 2.43. The van der Waals surface area contributed by atoms with E-state index in [-0.39, 0.29) is 6.61 Å². The van der Waals surface area contributed by atoms with Gasteiger partial charge in [0.05, 0.1) is 13.2 Å². The predicted octanol–water partition coefficient (Wildman–Crippen LogP) is 4.39. The topological polar surface area (TPSA) is 41.9 Å². The first-order valence-corrected chi connectivity index (χ1v) is 10.6. The molecule has 5 heteroatoms. The maximum atomic E-state index is 11.1. The van der Waals surface area contributed by atoms with Gasteiger partial charge < -0.3 is 14.6 Å². The van der Waals surface area contributed by atoms with Gasteiger partial charge in [0.25, 0.3) is 0 Å². The minimum atomic E-state index is -0.989. The third-order valence-electron chi connectivity index (χ3n) is 6.15. The van der Waals surface area contributed by atoms with Gasteiger partial charge in [-0.1, -0.05) is 32.4 Å². The summed E-state index contributed by atoms with van der Waals surface area (Å²) in [5, 5.41) is 11.8. The number of ether oxygens (including phenoxy) is 2.